The third-order valence-electron chi connectivity index (χ3n) is 2.86. The SMILES string of the molecule is Cc1ccc(SCC(C)Sc2ccc(C)cc2)cc1. The Hall–Kier alpha value is -0.860. The fourth-order valence-corrected chi connectivity index (χ4v) is 3.72. The molecule has 1 atom stereocenters. The molecule has 1 unspecified atom stereocenters. The monoisotopic (exact) mass is 288 g/mol. The van der Waals surface area contributed by atoms with Crippen LogP contribution in [-0.2, 0) is 0 Å². The van der Waals surface area contributed by atoms with Crippen molar-refractivity contribution in [3.63, 3.8) is 0 Å². The first-order valence-electron chi connectivity index (χ1n) is 6.56. The summed E-state index contributed by atoms with van der Waals surface area (Å²) in [6.45, 7) is 6.56. The lowest BCUT2D eigenvalue weighted by molar-refractivity contribution is 1.12. The topological polar surface area (TPSA) is 0 Å². The summed E-state index contributed by atoms with van der Waals surface area (Å²) in [6, 6.07) is 17.6. The molecule has 0 nitrogen and oxygen atoms in total. The highest BCUT2D eigenvalue weighted by Crippen LogP contribution is 2.28. The molecule has 0 aliphatic rings. The van der Waals surface area contributed by atoms with Crippen LogP contribution in [0.25, 0.3) is 0 Å². The van der Waals surface area contributed by atoms with E-state index in [4.69, 9.17) is 0 Å². The number of benzene rings is 2. The lowest BCUT2D eigenvalue weighted by atomic mass is 10.2. The van der Waals surface area contributed by atoms with Crippen molar-refractivity contribution in [1.82, 2.24) is 0 Å². The van der Waals surface area contributed by atoms with E-state index in [1.54, 1.807) is 0 Å². The van der Waals surface area contributed by atoms with E-state index >= 15 is 0 Å². The number of aryl methyl sites for hydroxylation is 2. The second-order valence-electron chi connectivity index (χ2n) is 4.87. The maximum Gasteiger partial charge on any atom is 0.0160 e. The first-order valence-corrected chi connectivity index (χ1v) is 8.43. The fourth-order valence-electron chi connectivity index (χ4n) is 1.73. The minimum absolute atomic E-state index is 0.619. The third kappa shape index (κ3) is 4.96. The van der Waals surface area contributed by atoms with Gasteiger partial charge < -0.3 is 0 Å². The molecule has 2 aromatic rings. The number of rotatable bonds is 5. The van der Waals surface area contributed by atoms with E-state index in [0.29, 0.717) is 5.25 Å². The van der Waals surface area contributed by atoms with Crippen molar-refractivity contribution in [2.24, 2.45) is 0 Å². The number of hydrogen-bond acceptors (Lipinski definition) is 2. The van der Waals surface area contributed by atoms with Crippen molar-refractivity contribution in [1.29, 1.82) is 0 Å². The highest BCUT2D eigenvalue weighted by atomic mass is 32.2. The fraction of sp³-hybridized carbons (Fsp3) is 0.294. The quantitative estimate of drug-likeness (QED) is 0.659. The number of thioether (sulfide) groups is 2. The van der Waals surface area contributed by atoms with Crippen molar-refractivity contribution >= 4 is 23.5 Å². The predicted molar refractivity (Wildman–Crippen MR) is 88.4 cm³/mol. The summed E-state index contributed by atoms with van der Waals surface area (Å²) >= 11 is 3.89. The minimum Gasteiger partial charge on any atom is -0.125 e. The summed E-state index contributed by atoms with van der Waals surface area (Å²) in [5.74, 6) is 1.14. The van der Waals surface area contributed by atoms with Gasteiger partial charge in [0.05, 0.1) is 0 Å². The van der Waals surface area contributed by atoms with Crippen LogP contribution in [0.4, 0.5) is 0 Å². The molecule has 0 radical (unpaired) electrons. The summed E-state index contributed by atoms with van der Waals surface area (Å²) in [4.78, 5) is 2.73. The van der Waals surface area contributed by atoms with Gasteiger partial charge in [0.15, 0.2) is 0 Å². The second kappa shape index (κ2) is 7.06. The molecule has 2 rings (SSSR count). The molecule has 0 saturated carbocycles. The van der Waals surface area contributed by atoms with Gasteiger partial charge in [0.1, 0.15) is 0 Å². The zero-order valence-electron chi connectivity index (χ0n) is 11.7. The molecule has 0 fully saturated rings. The molecule has 0 aliphatic heterocycles. The summed E-state index contributed by atoms with van der Waals surface area (Å²) in [5, 5.41) is 0.619. The Kier molecular flexibility index (Phi) is 5.41. The Bertz CT molecular complexity index is 500. The van der Waals surface area contributed by atoms with Crippen molar-refractivity contribution in [3.8, 4) is 0 Å². The van der Waals surface area contributed by atoms with Crippen molar-refractivity contribution < 1.29 is 0 Å². The molecule has 0 N–H and O–H groups in total. The molecule has 0 heterocycles. The standard InChI is InChI=1S/C17H20S2/c1-13-4-8-16(9-5-13)18-12-15(3)19-17-10-6-14(2)7-11-17/h4-11,15H,12H2,1-3H3. The van der Waals surface area contributed by atoms with Crippen LogP contribution in [0, 0.1) is 13.8 Å². The van der Waals surface area contributed by atoms with Crippen molar-refractivity contribution in [2.45, 2.75) is 35.8 Å². The van der Waals surface area contributed by atoms with Crippen LogP contribution in [0.1, 0.15) is 18.1 Å². The highest BCUT2D eigenvalue weighted by Gasteiger charge is 2.05. The highest BCUT2D eigenvalue weighted by molar-refractivity contribution is 8.03. The predicted octanol–water partition coefficient (Wildman–Crippen LogP) is 5.58. The summed E-state index contributed by atoms with van der Waals surface area (Å²) in [7, 11) is 0. The van der Waals surface area contributed by atoms with E-state index in [2.05, 4.69) is 69.3 Å². The lowest BCUT2D eigenvalue weighted by Crippen LogP contribution is -1.99. The lowest BCUT2D eigenvalue weighted by Gasteiger charge is -2.11. The van der Waals surface area contributed by atoms with Gasteiger partial charge in [-0.05, 0) is 38.1 Å². The molecular formula is C17H20S2. The van der Waals surface area contributed by atoms with Gasteiger partial charge in [-0.1, -0.05) is 42.3 Å². The molecule has 100 valence electrons. The Morgan fingerprint density at radius 1 is 0.789 bits per heavy atom. The normalized spacial score (nSPS) is 12.4. The van der Waals surface area contributed by atoms with Crippen LogP contribution in [0.2, 0.25) is 0 Å². The van der Waals surface area contributed by atoms with E-state index in [1.807, 2.05) is 23.5 Å². The van der Waals surface area contributed by atoms with Crippen LogP contribution in [0.3, 0.4) is 0 Å². The Morgan fingerprint density at radius 3 is 1.79 bits per heavy atom. The molecule has 0 aromatic heterocycles. The van der Waals surface area contributed by atoms with Crippen LogP contribution in [0.5, 0.6) is 0 Å². The molecule has 0 bridgehead atoms. The van der Waals surface area contributed by atoms with Gasteiger partial charge in [-0.25, -0.2) is 0 Å². The van der Waals surface area contributed by atoms with Crippen molar-refractivity contribution in [3.05, 3.63) is 59.7 Å². The van der Waals surface area contributed by atoms with Gasteiger partial charge in [0, 0.05) is 20.8 Å². The maximum atomic E-state index is 2.30. The zero-order chi connectivity index (χ0) is 13.7. The molecule has 0 spiro atoms. The maximum absolute atomic E-state index is 2.30. The number of hydrogen-bond donors (Lipinski definition) is 0. The van der Waals surface area contributed by atoms with E-state index in [9.17, 15) is 0 Å². The van der Waals surface area contributed by atoms with Gasteiger partial charge in [-0.15, -0.1) is 23.5 Å². The second-order valence-corrected chi connectivity index (χ2v) is 7.47. The first kappa shape index (κ1) is 14.5. The summed E-state index contributed by atoms with van der Waals surface area (Å²) in [5.41, 5.74) is 2.65. The summed E-state index contributed by atoms with van der Waals surface area (Å²) < 4.78 is 0. The molecule has 2 aromatic carbocycles. The van der Waals surface area contributed by atoms with Gasteiger partial charge in [-0.3, -0.25) is 0 Å². The van der Waals surface area contributed by atoms with Crippen LogP contribution in [-0.4, -0.2) is 11.0 Å². The largest absolute Gasteiger partial charge is 0.125 e. The first-order chi connectivity index (χ1) is 9.13. The van der Waals surface area contributed by atoms with E-state index in [0.717, 1.165) is 5.75 Å². The molecule has 2 heteroatoms. The van der Waals surface area contributed by atoms with E-state index in [1.165, 1.54) is 20.9 Å². The van der Waals surface area contributed by atoms with Gasteiger partial charge in [0.25, 0.3) is 0 Å². The Balaban J connectivity index is 1.82. The van der Waals surface area contributed by atoms with Gasteiger partial charge in [-0.2, -0.15) is 0 Å². The molecular weight excluding hydrogens is 268 g/mol. The molecule has 0 aliphatic carbocycles. The summed E-state index contributed by atoms with van der Waals surface area (Å²) in [6.07, 6.45) is 0. The van der Waals surface area contributed by atoms with Crippen LogP contribution in [0.15, 0.2) is 58.3 Å². The van der Waals surface area contributed by atoms with Crippen molar-refractivity contribution in [2.75, 3.05) is 5.75 Å². The molecule has 0 amide bonds. The van der Waals surface area contributed by atoms with Gasteiger partial charge in [0.2, 0.25) is 0 Å². The van der Waals surface area contributed by atoms with Crippen LogP contribution >= 0.6 is 23.5 Å². The molecule has 19 heavy (non-hydrogen) atoms. The van der Waals surface area contributed by atoms with E-state index in [-0.39, 0.29) is 0 Å². The zero-order valence-corrected chi connectivity index (χ0v) is 13.4. The van der Waals surface area contributed by atoms with Crippen LogP contribution < -0.4 is 0 Å². The van der Waals surface area contributed by atoms with Gasteiger partial charge >= 0.3 is 0 Å². The smallest absolute Gasteiger partial charge is 0.0160 e. The average molecular weight is 288 g/mol. The average Bonchev–Trinajstić information content (AvgIpc) is 2.41. The van der Waals surface area contributed by atoms with E-state index < -0.39 is 0 Å². The Labute approximate surface area is 125 Å². The Morgan fingerprint density at radius 2 is 1.26 bits per heavy atom. The minimum atomic E-state index is 0.619. The third-order valence-corrected chi connectivity index (χ3v) is 5.46. The molecule has 0 saturated heterocycles.